The first-order valence-corrected chi connectivity index (χ1v) is 9.60. The summed E-state index contributed by atoms with van der Waals surface area (Å²) in [6.45, 7) is 4.19. The molecule has 25 heavy (non-hydrogen) atoms. The fourth-order valence-electron chi connectivity index (χ4n) is 3.94. The third-order valence-electron chi connectivity index (χ3n) is 5.63. The molecule has 0 saturated carbocycles. The van der Waals surface area contributed by atoms with Crippen molar-refractivity contribution in [2.45, 2.75) is 44.2 Å². The lowest BCUT2D eigenvalue weighted by atomic mass is 9.99. The topological polar surface area (TPSA) is 44.8 Å². The van der Waals surface area contributed by atoms with Gasteiger partial charge < -0.3 is 19.9 Å². The van der Waals surface area contributed by atoms with Crippen LogP contribution in [0.1, 0.15) is 31.2 Å². The molecule has 0 aliphatic carbocycles. The smallest absolute Gasteiger partial charge is 0.317 e. The van der Waals surface area contributed by atoms with Crippen molar-refractivity contribution in [2.75, 3.05) is 39.9 Å². The number of amides is 2. The third kappa shape index (κ3) is 5.19. The van der Waals surface area contributed by atoms with Gasteiger partial charge >= 0.3 is 6.03 Å². The highest BCUT2D eigenvalue weighted by molar-refractivity contribution is 5.74. The molecule has 2 amide bonds. The van der Waals surface area contributed by atoms with Gasteiger partial charge in [-0.25, -0.2) is 4.79 Å². The normalized spacial score (nSPS) is 20.0. The molecule has 2 saturated heterocycles. The summed E-state index contributed by atoms with van der Waals surface area (Å²) in [6.07, 6.45) is 5.29. The molecule has 1 aromatic rings. The molecule has 1 N–H and O–H groups in total. The highest BCUT2D eigenvalue weighted by Crippen LogP contribution is 2.22. The predicted octanol–water partition coefficient (Wildman–Crippen LogP) is 2.51. The van der Waals surface area contributed by atoms with Crippen LogP contribution in [0.4, 0.5) is 4.79 Å². The number of ether oxygens (including phenoxy) is 1. The number of carbonyl (C=O) groups excluding carboxylic acids is 1. The second kappa shape index (κ2) is 9.20. The molecule has 2 aliphatic heterocycles. The Labute approximate surface area is 151 Å². The molecular formula is C20H31N3O2. The molecule has 0 aromatic heterocycles. The Balaban J connectivity index is 1.37. The molecule has 0 radical (unpaired) electrons. The Morgan fingerprint density at radius 1 is 1.12 bits per heavy atom. The van der Waals surface area contributed by atoms with Gasteiger partial charge in [-0.3, -0.25) is 0 Å². The molecule has 3 rings (SSSR count). The Bertz CT molecular complexity index is 523. The Morgan fingerprint density at radius 2 is 1.76 bits per heavy atom. The van der Waals surface area contributed by atoms with Crippen molar-refractivity contribution in [2.24, 2.45) is 0 Å². The van der Waals surface area contributed by atoms with Crippen molar-refractivity contribution in [1.29, 1.82) is 0 Å². The number of nitrogens with one attached hydrogen (secondary N) is 1. The first kappa shape index (κ1) is 18.2. The number of nitrogens with zero attached hydrogens (tertiary/aromatic N) is 2. The minimum atomic E-state index is 0.0862. The van der Waals surface area contributed by atoms with Crippen molar-refractivity contribution in [3.05, 3.63) is 35.9 Å². The zero-order valence-corrected chi connectivity index (χ0v) is 15.3. The van der Waals surface area contributed by atoms with Gasteiger partial charge in [-0.15, -0.1) is 0 Å². The van der Waals surface area contributed by atoms with E-state index in [0.29, 0.717) is 18.6 Å². The van der Waals surface area contributed by atoms with Crippen LogP contribution >= 0.6 is 0 Å². The van der Waals surface area contributed by atoms with Gasteiger partial charge in [-0.05, 0) is 44.7 Å². The van der Waals surface area contributed by atoms with Crippen LogP contribution in [-0.4, -0.2) is 67.8 Å². The lowest BCUT2D eigenvalue weighted by molar-refractivity contribution is 0.0178. The maximum atomic E-state index is 12.4. The number of urea groups is 1. The monoisotopic (exact) mass is 345 g/mol. The average Bonchev–Trinajstić information content (AvgIpc) is 2.69. The number of hydrogen-bond acceptors (Lipinski definition) is 3. The summed E-state index contributed by atoms with van der Waals surface area (Å²) in [5.74, 6) is 0. The number of likely N-dealkylation sites (tertiary alicyclic amines) is 1. The number of benzene rings is 1. The van der Waals surface area contributed by atoms with E-state index in [4.69, 9.17) is 4.74 Å². The SMILES string of the molecule is CN(C1CCOCC1)C1CCN(C(=O)NCCc2ccccc2)CC1. The molecule has 0 bridgehead atoms. The molecule has 0 unspecified atom stereocenters. The van der Waals surface area contributed by atoms with E-state index in [2.05, 4.69) is 29.4 Å². The van der Waals surface area contributed by atoms with Crippen LogP contribution in [0, 0.1) is 0 Å². The molecule has 1 aromatic carbocycles. The first-order chi connectivity index (χ1) is 12.2. The van der Waals surface area contributed by atoms with Crippen LogP contribution in [0.15, 0.2) is 30.3 Å². The summed E-state index contributed by atoms with van der Waals surface area (Å²) < 4.78 is 5.47. The molecular weight excluding hydrogens is 314 g/mol. The second-order valence-corrected chi connectivity index (χ2v) is 7.19. The molecule has 138 valence electrons. The molecule has 5 nitrogen and oxygen atoms in total. The molecule has 2 heterocycles. The highest BCUT2D eigenvalue weighted by Gasteiger charge is 2.29. The summed E-state index contributed by atoms with van der Waals surface area (Å²) in [5, 5.41) is 3.07. The van der Waals surface area contributed by atoms with E-state index in [1.807, 2.05) is 23.1 Å². The average molecular weight is 345 g/mol. The van der Waals surface area contributed by atoms with Gasteiger partial charge in [0.25, 0.3) is 0 Å². The summed E-state index contributed by atoms with van der Waals surface area (Å²) in [6, 6.07) is 11.6. The van der Waals surface area contributed by atoms with Crippen LogP contribution < -0.4 is 5.32 Å². The van der Waals surface area contributed by atoms with E-state index >= 15 is 0 Å². The Morgan fingerprint density at radius 3 is 2.44 bits per heavy atom. The minimum Gasteiger partial charge on any atom is -0.381 e. The van der Waals surface area contributed by atoms with Gasteiger partial charge in [0.15, 0.2) is 0 Å². The minimum absolute atomic E-state index is 0.0862. The van der Waals surface area contributed by atoms with Crippen LogP contribution in [0.5, 0.6) is 0 Å². The third-order valence-corrected chi connectivity index (χ3v) is 5.63. The van der Waals surface area contributed by atoms with E-state index in [1.165, 1.54) is 5.56 Å². The molecule has 2 aliphatic rings. The van der Waals surface area contributed by atoms with Gasteiger partial charge in [-0.1, -0.05) is 30.3 Å². The zero-order valence-electron chi connectivity index (χ0n) is 15.3. The zero-order chi connectivity index (χ0) is 17.5. The number of hydrogen-bond donors (Lipinski definition) is 1. The van der Waals surface area contributed by atoms with Crippen LogP contribution in [0.25, 0.3) is 0 Å². The summed E-state index contributed by atoms with van der Waals surface area (Å²) >= 11 is 0. The highest BCUT2D eigenvalue weighted by atomic mass is 16.5. The summed E-state index contributed by atoms with van der Waals surface area (Å²) in [5.41, 5.74) is 1.26. The van der Waals surface area contributed by atoms with Gasteiger partial charge in [0.05, 0.1) is 0 Å². The lowest BCUT2D eigenvalue weighted by Crippen LogP contribution is -2.51. The maximum absolute atomic E-state index is 12.4. The van der Waals surface area contributed by atoms with Crippen molar-refractivity contribution in [3.63, 3.8) is 0 Å². The van der Waals surface area contributed by atoms with E-state index in [1.54, 1.807) is 0 Å². The Hall–Kier alpha value is -1.59. The summed E-state index contributed by atoms with van der Waals surface area (Å²) in [7, 11) is 2.25. The van der Waals surface area contributed by atoms with Gasteiger partial charge in [0, 0.05) is 44.9 Å². The second-order valence-electron chi connectivity index (χ2n) is 7.19. The fourth-order valence-corrected chi connectivity index (χ4v) is 3.94. The summed E-state index contributed by atoms with van der Waals surface area (Å²) in [4.78, 5) is 16.9. The van der Waals surface area contributed by atoms with Crippen LogP contribution in [0.3, 0.4) is 0 Å². The van der Waals surface area contributed by atoms with Gasteiger partial charge in [-0.2, -0.15) is 0 Å². The maximum Gasteiger partial charge on any atom is 0.317 e. The Kier molecular flexibility index (Phi) is 6.70. The van der Waals surface area contributed by atoms with Crippen molar-refractivity contribution in [1.82, 2.24) is 15.1 Å². The lowest BCUT2D eigenvalue weighted by Gasteiger charge is -2.41. The van der Waals surface area contributed by atoms with Gasteiger partial charge in [0.1, 0.15) is 0 Å². The number of rotatable bonds is 5. The van der Waals surface area contributed by atoms with E-state index < -0.39 is 0 Å². The largest absolute Gasteiger partial charge is 0.381 e. The number of piperidine rings is 1. The van der Waals surface area contributed by atoms with Crippen molar-refractivity contribution >= 4 is 6.03 Å². The molecule has 2 fully saturated rings. The van der Waals surface area contributed by atoms with E-state index in [9.17, 15) is 4.79 Å². The quantitative estimate of drug-likeness (QED) is 0.892. The molecule has 0 spiro atoms. The molecule has 0 atom stereocenters. The van der Waals surface area contributed by atoms with E-state index in [0.717, 1.165) is 58.4 Å². The number of carbonyl (C=O) groups is 1. The van der Waals surface area contributed by atoms with Crippen molar-refractivity contribution in [3.8, 4) is 0 Å². The standard InChI is InChI=1S/C20H31N3O2/c1-22(19-10-15-25-16-11-19)18-8-13-23(14-9-18)20(24)21-12-7-17-5-3-2-4-6-17/h2-6,18-19H,7-16H2,1H3,(H,21,24). The van der Waals surface area contributed by atoms with Crippen molar-refractivity contribution < 1.29 is 9.53 Å². The predicted molar refractivity (Wildman–Crippen MR) is 99.7 cm³/mol. The van der Waals surface area contributed by atoms with Gasteiger partial charge in [0.2, 0.25) is 0 Å². The first-order valence-electron chi connectivity index (χ1n) is 9.60. The van der Waals surface area contributed by atoms with Crippen LogP contribution in [0.2, 0.25) is 0 Å². The fraction of sp³-hybridized carbons (Fsp3) is 0.650. The van der Waals surface area contributed by atoms with Crippen LogP contribution in [-0.2, 0) is 11.2 Å². The molecule has 5 heteroatoms. The van der Waals surface area contributed by atoms with E-state index in [-0.39, 0.29) is 6.03 Å².